The SMILES string of the molecule is CNCc1cccc(Oc2cccnc2)c1. The Morgan fingerprint density at radius 2 is 2.06 bits per heavy atom. The van der Waals surface area contributed by atoms with Crippen LogP contribution in [0.25, 0.3) is 0 Å². The van der Waals surface area contributed by atoms with Gasteiger partial charge in [-0.05, 0) is 36.9 Å². The predicted molar refractivity (Wildman–Crippen MR) is 63.5 cm³/mol. The average Bonchev–Trinajstić information content (AvgIpc) is 2.31. The maximum atomic E-state index is 5.68. The normalized spacial score (nSPS) is 10.1. The molecule has 82 valence electrons. The summed E-state index contributed by atoms with van der Waals surface area (Å²) in [7, 11) is 1.93. The van der Waals surface area contributed by atoms with Gasteiger partial charge in [-0.25, -0.2) is 0 Å². The molecular formula is C13H14N2O. The lowest BCUT2D eigenvalue weighted by Gasteiger charge is -2.06. The number of nitrogens with one attached hydrogen (secondary N) is 1. The second kappa shape index (κ2) is 5.28. The summed E-state index contributed by atoms with van der Waals surface area (Å²) in [5.41, 5.74) is 1.20. The van der Waals surface area contributed by atoms with Crippen molar-refractivity contribution in [2.24, 2.45) is 0 Å². The van der Waals surface area contributed by atoms with Gasteiger partial charge in [0.1, 0.15) is 11.5 Å². The molecule has 0 aliphatic rings. The smallest absolute Gasteiger partial charge is 0.145 e. The van der Waals surface area contributed by atoms with Crippen LogP contribution in [-0.4, -0.2) is 12.0 Å². The number of hydrogen-bond acceptors (Lipinski definition) is 3. The van der Waals surface area contributed by atoms with Gasteiger partial charge in [0.2, 0.25) is 0 Å². The number of rotatable bonds is 4. The Morgan fingerprint density at radius 1 is 1.19 bits per heavy atom. The molecule has 3 heteroatoms. The molecule has 0 aliphatic heterocycles. The summed E-state index contributed by atoms with van der Waals surface area (Å²) in [6.45, 7) is 0.838. The summed E-state index contributed by atoms with van der Waals surface area (Å²) in [4.78, 5) is 4.00. The van der Waals surface area contributed by atoms with E-state index in [-0.39, 0.29) is 0 Å². The van der Waals surface area contributed by atoms with Gasteiger partial charge in [0.15, 0.2) is 0 Å². The summed E-state index contributed by atoms with van der Waals surface area (Å²) in [5.74, 6) is 1.59. The number of hydrogen-bond donors (Lipinski definition) is 1. The summed E-state index contributed by atoms with van der Waals surface area (Å²) < 4.78 is 5.68. The van der Waals surface area contributed by atoms with Crippen LogP contribution in [0.2, 0.25) is 0 Å². The zero-order chi connectivity index (χ0) is 11.2. The van der Waals surface area contributed by atoms with Gasteiger partial charge < -0.3 is 10.1 Å². The Bertz CT molecular complexity index is 443. The highest BCUT2D eigenvalue weighted by atomic mass is 16.5. The van der Waals surface area contributed by atoms with E-state index in [9.17, 15) is 0 Å². The fraction of sp³-hybridized carbons (Fsp3) is 0.154. The number of aromatic nitrogens is 1. The van der Waals surface area contributed by atoms with Gasteiger partial charge in [0.05, 0.1) is 6.20 Å². The molecule has 16 heavy (non-hydrogen) atoms. The number of nitrogens with zero attached hydrogens (tertiary/aromatic N) is 1. The van der Waals surface area contributed by atoms with E-state index in [1.165, 1.54) is 5.56 Å². The quantitative estimate of drug-likeness (QED) is 0.849. The molecule has 0 aliphatic carbocycles. The van der Waals surface area contributed by atoms with Crippen LogP contribution in [0.3, 0.4) is 0 Å². The third kappa shape index (κ3) is 2.81. The molecule has 0 bridgehead atoms. The van der Waals surface area contributed by atoms with Gasteiger partial charge in [-0.2, -0.15) is 0 Å². The minimum absolute atomic E-state index is 0.754. The van der Waals surface area contributed by atoms with E-state index >= 15 is 0 Å². The van der Waals surface area contributed by atoms with Gasteiger partial charge >= 0.3 is 0 Å². The van der Waals surface area contributed by atoms with Crippen molar-refractivity contribution in [1.29, 1.82) is 0 Å². The molecule has 0 saturated carbocycles. The van der Waals surface area contributed by atoms with Gasteiger partial charge in [-0.3, -0.25) is 4.98 Å². The van der Waals surface area contributed by atoms with E-state index in [1.54, 1.807) is 12.4 Å². The zero-order valence-corrected chi connectivity index (χ0v) is 9.18. The van der Waals surface area contributed by atoms with E-state index in [2.05, 4.69) is 16.4 Å². The summed E-state index contributed by atoms with van der Waals surface area (Å²) >= 11 is 0. The lowest BCUT2D eigenvalue weighted by molar-refractivity contribution is 0.479. The van der Waals surface area contributed by atoms with Crippen LogP contribution in [0.15, 0.2) is 48.8 Å². The van der Waals surface area contributed by atoms with Crippen molar-refractivity contribution in [2.45, 2.75) is 6.54 Å². The van der Waals surface area contributed by atoms with E-state index < -0.39 is 0 Å². The summed E-state index contributed by atoms with van der Waals surface area (Å²) in [5, 5.41) is 3.11. The Hall–Kier alpha value is -1.87. The van der Waals surface area contributed by atoms with Crippen molar-refractivity contribution in [2.75, 3.05) is 7.05 Å². The lowest BCUT2D eigenvalue weighted by atomic mass is 10.2. The highest BCUT2D eigenvalue weighted by Crippen LogP contribution is 2.20. The van der Waals surface area contributed by atoms with E-state index in [0.29, 0.717) is 0 Å². The first kappa shape index (κ1) is 10.6. The molecule has 0 radical (unpaired) electrons. The standard InChI is InChI=1S/C13H14N2O/c1-14-9-11-4-2-5-12(8-11)16-13-6-3-7-15-10-13/h2-8,10,14H,9H2,1H3. The number of benzene rings is 1. The number of pyridine rings is 1. The Labute approximate surface area is 95.1 Å². The summed E-state index contributed by atoms with van der Waals surface area (Å²) in [6, 6.07) is 11.7. The molecule has 0 amide bonds. The Kier molecular flexibility index (Phi) is 3.51. The topological polar surface area (TPSA) is 34.1 Å². The fourth-order valence-corrected chi connectivity index (χ4v) is 1.47. The molecule has 0 unspecified atom stereocenters. The molecule has 1 N–H and O–H groups in total. The van der Waals surface area contributed by atoms with Crippen LogP contribution in [0.5, 0.6) is 11.5 Å². The third-order valence-electron chi connectivity index (χ3n) is 2.15. The van der Waals surface area contributed by atoms with E-state index in [0.717, 1.165) is 18.0 Å². The Morgan fingerprint density at radius 3 is 2.81 bits per heavy atom. The molecule has 0 saturated heterocycles. The number of ether oxygens (including phenoxy) is 1. The van der Waals surface area contributed by atoms with Crippen molar-refractivity contribution in [3.8, 4) is 11.5 Å². The molecule has 0 fully saturated rings. The molecule has 1 aromatic carbocycles. The van der Waals surface area contributed by atoms with Crippen LogP contribution < -0.4 is 10.1 Å². The average molecular weight is 214 g/mol. The highest BCUT2D eigenvalue weighted by Gasteiger charge is 1.98. The first-order valence-electron chi connectivity index (χ1n) is 5.20. The molecule has 0 atom stereocenters. The van der Waals surface area contributed by atoms with Crippen LogP contribution in [0, 0.1) is 0 Å². The van der Waals surface area contributed by atoms with Crippen LogP contribution in [0.4, 0.5) is 0 Å². The second-order valence-corrected chi connectivity index (χ2v) is 3.47. The zero-order valence-electron chi connectivity index (χ0n) is 9.18. The first-order chi connectivity index (χ1) is 7.88. The molecule has 1 aromatic heterocycles. The molecule has 3 nitrogen and oxygen atoms in total. The lowest BCUT2D eigenvalue weighted by Crippen LogP contribution is -2.04. The van der Waals surface area contributed by atoms with Crippen molar-refractivity contribution in [3.05, 3.63) is 54.4 Å². The maximum absolute atomic E-state index is 5.68. The minimum Gasteiger partial charge on any atom is -0.456 e. The van der Waals surface area contributed by atoms with Gasteiger partial charge in [0, 0.05) is 12.7 Å². The van der Waals surface area contributed by atoms with E-state index in [4.69, 9.17) is 4.74 Å². The van der Waals surface area contributed by atoms with Crippen LogP contribution in [0.1, 0.15) is 5.56 Å². The highest BCUT2D eigenvalue weighted by molar-refractivity contribution is 5.32. The monoisotopic (exact) mass is 214 g/mol. The van der Waals surface area contributed by atoms with Crippen molar-refractivity contribution < 1.29 is 4.74 Å². The largest absolute Gasteiger partial charge is 0.456 e. The van der Waals surface area contributed by atoms with Crippen molar-refractivity contribution >= 4 is 0 Å². The van der Waals surface area contributed by atoms with Crippen LogP contribution in [-0.2, 0) is 6.54 Å². The second-order valence-electron chi connectivity index (χ2n) is 3.47. The molecule has 1 heterocycles. The minimum atomic E-state index is 0.754. The van der Waals surface area contributed by atoms with Gasteiger partial charge in [-0.15, -0.1) is 0 Å². The Balaban J connectivity index is 2.12. The van der Waals surface area contributed by atoms with Crippen molar-refractivity contribution in [3.63, 3.8) is 0 Å². The fourth-order valence-electron chi connectivity index (χ4n) is 1.47. The van der Waals surface area contributed by atoms with Gasteiger partial charge in [0.25, 0.3) is 0 Å². The van der Waals surface area contributed by atoms with E-state index in [1.807, 2.05) is 37.4 Å². The molecule has 0 spiro atoms. The summed E-state index contributed by atoms with van der Waals surface area (Å²) in [6.07, 6.45) is 3.43. The maximum Gasteiger partial charge on any atom is 0.145 e. The molecular weight excluding hydrogens is 200 g/mol. The molecule has 2 rings (SSSR count). The predicted octanol–water partition coefficient (Wildman–Crippen LogP) is 2.59. The van der Waals surface area contributed by atoms with Crippen molar-refractivity contribution in [1.82, 2.24) is 10.3 Å². The molecule has 2 aromatic rings. The van der Waals surface area contributed by atoms with Gasteiger partial charge in [-0.1, -0.05) is 12.1 Å². The van der Waals surface area contributed by atoms with Crippen LogP contribution >= 0.6 is 0 Å². The first-order valence-corrected chi connectivity index (χ1v) is 5.20. The third-order valence-corrected chi connectivity index (χ3v) is 2.15.